The number of aldehydes is 1. The Morgan fingerprint density at radius 2 is 1.95 bits per heavy atom. The molecular formula is C14H21O4P. The van der Waals surface area contributed by atoms with E-state index in [9.17, 15) is 14.3 Å². The van der Waals surface area contributed by atoms with Gasteiger partial charge in [-0.25, -0.2) is 0 Å². The van der Waals surface area contributed by atoms with Crippen LogP contribution in [0.5, 0.6) is 0 Å². The average molecular weight is 284 g/mol. The number of hydrogen-bond donors (Lipinski definition) is 1. The Kier molecular flexibility index (Phi) is 6.43. The molecule has 19 heavy (non-hydrogen) atoms. The molecule has 0 heterocycles. The number of rotatable bonds is 8. The van der Waals surface area contributed by atoms with Crippen molar-refractivity contribution in [1.82, 2.24) is 0 Å². The van der Waals surface area contributed by atoms with E-state index >= 15 is 0 Å². The molecule has 0 saturated heterocycles. The van der Waals surface area contributed by atoms with Crippen molar-refractivity contribution in [2.24, 2.45) is 5.92 Å². The van der Waals surface area contributed by atoms with Gasteiger partial charge in [-0.15, -0.1) is 0 Å². The highest BCUT2D eigenvalue weighted by molar-refractivity contribution is 7.52. The lowest BCUT2D eigenvalue weighted by molar-refractivity contribution is -0.115. The van der Waals surface area contributed by atoms with Crippen LogP contribution in [0.4, 0.5) is 0 Å². The van der Waals surface area contributed by atoms with Gasteiger partial charge in [0.1, 0.15) is 12.4 Å². The van der Waals surface area contributed by atoms with E-state index in [1.807, 2.05) is 30.3 Å². The lowest BCUT2D eigenvalue weighted by Gasteiger charge is -2.19. The minimum Gasteiger partial charge on any atom is -0.324 e. The average Bonchev–Trinajstić information content (AvgIpc) is 2.37. The standard InChI is InChI=1S/C14H21O4P/c1-12(2)14(11-15)18-19(16,17)10-6-9-13-7-4-3-5-8-13/h3-5,7-8,11-12,14H,6,9-10H2,1-2H3,(H,16,17). The predicted octanol–water partition coefficient (Wildman–Crippen LogP) is 3.04. The first-order valence-electron chi connectivity index (χ1n) is 6.44. The molecule has 1 aromatic carbocycles. The van der Waals surface area contributed by atoms with Gasteiger partial charge in [0.25, 0.3) is 0 Å². The second kappa shape index (κ2) is 7.59. The first-order valence-corrected chi connectivity index (χ1v) is 8.20. The van der Waals surface area contributed by atoms with E-state index in [1.54, 1.807) is 13.8 Å². The van der Waals surface area contributed by atoms with Crippen molar-refractivity contribution >= 4 is 13.9 Å². The van der Waals surface area contributed by atoms with Gasteiger partial charge in [0.05, 0.1) is 6.16 Å². The van der Waals surface area contributed by atoms with Crippen LogP contribution in [-0.2, 0) is 20.3 Å². The van der Waals surface area contributed by atoms with Crippen LogP contribution in [0.2, 0.25) is 0 Å². The first kappa shape index (κ1) is 16.1. The monoisotopic (exact) mass is 284 g/mol. The molecule has 0 saturated carbocycles. The number of aryl methyl sites for hydroxylation is 1. The molecule has 5 heteroatoms. The molecule has 1 N–H and O–H groups in total. The quantitative estimate of drug-likeness (QED) is 0.588. The van der Waals surface area contributed by atoms with Crippen LogP contribution in [0.25, 0.3) is 0 Å². The number of carbonyl (C=O) groups excluding carboxylic acids is 1. The normalized spacial score (nSPS) is 16.0. The SMILES string of the molecule is CC(C)C(C=O)OP(=O)(O)CCCc1ccccc1. The molecule has 2 atom stereocenters. The van der Waals surface area contributed by atoms with Crippen LogP contribution < -0.4 is 0 Å². The third kappa shape index (κ3) is 6.15. The molecule has 0 aliphatic carbocycles. The molecule has 2 unspecified atom stereocenters. The van der Waals surface area contributed by atoms with E-state index in [1.165, 1.54) is 0 Å². The van der Waals surface area contributed by atoms with Gasteiger partial charge in [0.2, 0.25) is 0 Å². The Morgan fingerprint density at radius 1 is 1.32 bits per heavy atom. The zero-order valence-corrected chi connectivity index (χ0v) is 12.3. The Bertz CT molecular complexity index is 430. The van der Waals surface area contributed by atoms with E-state index in [-0.39, 0.29) is 12.1 Å². The largest absolute Gasteiger partial charge is 0.328 e. The Labute approximate surface area is 114 Å². The highest BCUT2D eigenvalue weighted by Crippen LogP contribution is 2.44. The zero-order chi connectivity index (χ0) is 14.3. The summed E-state index contributed by atoms with van der Waals surface area (Å²) in [6, 6.07) is 9.76. The highest BCUT2D eigenvalue weighted by atomic mass is 31.2. The van der Waals surface area contributed by atoms with Crippen LogP contribution >= 0.6 is 7.60 Å². The highest BCUT2D eigenvalue weighted by Gasteiger charge is 2.26. The van der Waals surface area contributed by atoms with Gasteiger partial charge in [-0.3, -0.25) is 9.09 Å². The molecule has 0 amide bonds. The van der Waals surface area contributed by atoms with Crippen molar-refractivity contribution in [2.75, 3.05) is 6.16 Å². The zero-order valence-electron chi connectivity index (χ0n) is 11.4. The van der Waals surface area contributed by atoms with Crippen LogP contribution in [0.3, 0.4) is 0 Å². The predicted molar refractivity (Wildman–Crippen MR) is 75.2 cm³/mol. The van der Waals surface area contributed by atoms with Gasteiger partial charge in [-0.2, -0.15) is 0 Å². The summed E-state index contributed by atoms with van der Waals surface area (Å²) in [6.07, 6.45) is 1.13. The van der Waals surface area contributed by atoms with E-state index in [0.717, 1.165) is 12.0 Å². The smallest absolute Gasteiger partial charge is 0.324 e. The van der Waals surface area contributed by atoms with Crippen LogP contribution in [-0.4, -0.2) is 23.4 Å². The van der Waals surface area contributed by atoms with E-state index < -0.39 is 13.7 Å². The van der Waals surface area contributed by atoms with E-state index in [4.69, 9.17) is 4.52 Å². The first-order chi connectivity index (χ1) is 8.94. The number of benzene rings is 1. The molecule has 0 aliphatic rings. The van der Waals surface area contributed by atoms with Crippen molar-refractivity contribution in [3.05, 3.63) is 35.9 Å². The molecule has 1 aromatic rings. The van der Waals surface area contributed by atoms with Crippen molar-refractivity contribution in [1.29, 1.82) is 0 Å². The van der Waals surface area contributed by atoms with Gasteiger partial charge < -0.3 is 9.69 Å². The minimum atomic E-state index is -3.69. The summed E-state index contributed by atoms with van der Waals surface area (Å²) in [5.41, 5.74) is 1.12. The summed E-state index contributed by atoms with van der Waals surface area (Å²) in [5.74, 6) is -0.105. The van der Waals surface area contributed by atoms with Crippen molar-refractivity contribution < 1.29 is 18.8 Å². The third-order valence-electron chi connectivity index (χ3n) is 2.83. The number of hydrogen-bond acceptors (Lipinski definition) is 3. The van der Waals surface area contributed by atoms with Crippen molar-refractivity contribution in [3.63, 3.8) is 0 Å². The fourth-order valence-electron chi connectivity index (χ4n) is 1.67. The molecule has 0 aliphatic heterocycles. The molecule has 106 valence electrons. The van der Waals surface area contributed by atoms with Crippen LogP contribution in [0.15, 0.2) is 30.3 Å². The second-order valence-corrected chi connectivity index (χ2v) is 6.83. The maximum Gasteiger partial charge on any atom is 0.328 e. The summed E-state index contributed by atoms with van der Waals surface area (Å²) >= 11 is 0. The molecule has 0 radical (unpaired) electrons. The van der Waals surface area contributed by atoms with Gasteiger partial charge in [0.15, 0.2) is 0 Å². The Hall–Kier alpha value is -0.960. The lowest BCUT2D eigenvalue weighted by Crippen LogP contribution is -2.20. The third-order valence-corrected chi connectivity index (χ3v) is 4.28. The van der Waals surface area contributed by atoms with E-state index in [2.05, 4.69) is 0 Å². The minimum absolute atomic E-state index is 0.0684. The molecular weight excluding hydrogens is 263 g/mol. The van der Waals surface area contributed by atoms with Crippen molar-refractivity contribution in [2.45, 2.75) is 32.8 Å². The van der Waals surface area contributed by atoms with Gasteiger partial charge >= 0.3 is 7.60 Å². The fourth-order valence-corrected chi connectivity index (χ4v) is 3.01. The van der Waals surface area contributed by atoms with Gasteiger partial charge in [-0.1, -0.05) is 44.2 Å². The summed E-state index contributed by atoms with van der Waals surface area (Å²) < 4.78 is 16.9. The Morgan fingerprint density at radius 3 is 2.47 bits per heavy atom. The fraction of sp³-hybridized carbons (Fsp3) is 0.500. The van der Waals surface area contributed by atoms with Crippen LogP contribution in [0.1, 0.15) is 25.8 Å². The van der Waals surface area contributed by atoms with E-state index in [0.29, 0.717) is 12.7 Å². The molecule has 0 spiro atoms. The molecule has 0 aromatic heterocycles. The van der Waals surface area contributed by atoms with Crippen molar-refractivity contribution in [3.8, 4) is 0 Å². The second-order valence-electron chi connectivity index (χ2n) is 4.90. The summed E-state index contributed by atoms with van der Waals surface area (Å²) in [6.45, 7) is 3.56. The summed E-state index contributed by atoms with van der Waals surface area (Å²) in [7, 11) is -3.69. The Balaban J connectivity index is 2.42. The van der Waals surface area contributed by atoms with Gasteiger partial charge in [0, 0.05) is 0 Å². The summed E-state index contributed by atoms with van der Waals surface area (Å²) in [5, 5.41) is 0. The number of carbonyl (C=O) groups is 1. The molecule has 4 nitrogen and oxygen atoms in total. The molecule has 0 bridgehead atoms. The van der Waals surface area contributed by atoms with Gasteiger partial charge in [-0.05, 0) is 24.3 Å². The molecule has 1 rings (SSSR count). The molecule has 0 fully saturated rings. The van der Waals surface area contributed by atoms with Crippen LogP contribution in [0, 0.1) is 5.92 Å². The maximum absolute atomic E-state index is 11.9. The maximum atomic E-state index is 11.9. The lowest BCUT2D eigenvalue weighted by atomic mass is 10.1. The topological polar surface area (TPSA) is 63.6 Å². The summed E-state index contributed by atoms with van der Waals surface area (Å²) in [4.78, 5) is 20.5.